The summed E-state index contributed by atoms with van der Waals surface area (Å²) in [6.07, 6.45) is 3.71. The van der Waals surface area contributed by atoms with Crippen LogP contribution in [0, 0.1) is 0 Å². The number of rotatable bonds is 5. The summed E-state index contributed by atoms with van der Waals surface area (Å²) in [5.41, 5.74) is 0. The highest BCUT2D eigenvalue weighted by atomic mass is 35.5. The van der Waals surface area contributed by atoms with Crippen LogP contribution in [0.25, 0.3) is 0 Å². The van der Waals surface area contributed by atoms with Gasteiger partial charge in [0, 0.05) is 37.8 Å². The molecule has 1 aliphatic heterocycles. The molecule has 2 rings (SSSR count). The third-order valence-corrected chi connectivity index (χ3v) is 3.10. The number of nitrogens with zero attached hydrogens (tertiary/aromatic N) is 3. The molecule has 110 valence electrons. The van der Waals surface area contributed by atoms with E-state index in [9.17, 15) is 4.79 Å². The lowest BCUT2D eigenvalue weighted by Gasteiger charge is -2.17. The van der Waals surface area contributed by atoms with E-state index in [0.29, 0.717) is 37.3 Å². The zero-order valence-electron chi connectivity index (χ0n) is 11.2. The van der Waals surface area contributed by atoms with Gasteiger partial charge in [-0.15, -0.1) is 11.6 Å². The van der Waals surface area contributed by atoms with Crippen LogP contribution in [0.5, 0.6) is 11.8 Å². The van der Waals surface area contributed by atoms with Gasteiger partial charge in [-0.05, 0) is 0 Å². The second-order valence-electron chi connectivity index (χ2n) is 4.27. The van der Waals surface area contributed by atoms with Crippen LogP contribution in [0.3, 0.4) is 0 Å². The van der Waals surface area contributed by atoms with E-state index in [4.69, 9.17) is 21.1 Å². The Labute approximate surface area is 122 Å². The fourth-order valence-electron chi connectivity index (χ4n) is 1.97. The van der Waals surface area contributed by atoms with E-state index < -0.39 is 0 Å². The fourth-order valence-corrected chi connectivity index (χ4v) is 2.06. The van der Waals surface area contributed by atoms with Crippen LogP contribution in [0.4, 0.5) is 4.79 Å². The lowest BCUT2D eigenvalue weighted by atomic mass is 10.3. The van der Waals surface area contributed by atoms with Crippen LogP contribution in [-0.2, 0) is 0 Å². The average Bonchev–Trinajstić information content (AvgIpc) is 2.94. The summed E-state index contributed by atoms with van der Waals surface area (Å²) >= 11 is 5.53. The van der Waals surface area contributed by atoms with Crippen molar-refractivity contribution in [1.29, 1.82) is 0 Å². The molecule has 0 radical (unpaired) electrons. The van der Waals surface area contributed by atoms with Crippen LogP contribution in [-0.4, -0.2) is 59.6 Å². The molecule has 1 atom stereocenters. The predicted molar refractivity (Wildman–Crippen MR) is 73.3 cm³/mol. The number of carbonyl (C=O) groups is 1. The van der Waals surface area contributed by atoms with Crippen molar-refractivity contribution in [2.75, 3.05) is 32.6 Å². The molecule has 1 aromatic rings. The van der Waals surface area contributed by atoms with Crippen molar-refractivity contribution in [3.63, 3.8) is 0 Å². The van der Waals surface area contributed by atoms with Gasteiger partial charge in [0.15, 0.2) is 0 Å². The second kappa shape index (κ2) is 7.14. The van der Waals surface area contributed by atoms with Crippen molar-refractivity contribution in [1.82, 2.24) is 20.2 Å². The normalized spacial score (nSPS) is 17.9. The van der Waals surface area contributed by atoms with E-state index >= 15 is 0 Å². The van der Waals surface area contributed by atoms with Crippen molar-refractivity contribution >= 4 is 17.6 Å². The molecule has 1 unspecified atom stereocenters. The Morgan fingerprint density at radius 3 is 2.95 bits per heavy atom. The summed E-state index contributed by atoms with van der Waals surface area (Å²) in [6, 6.07) is -0.122. The molecule has 2 heterocycles. The van der Waals surface area contributed by atoms with Gasteiger partial charge < -0.3 is 19.7 Å². The minimum absolute atomic E-state index is 0.109. The summed E-state index contributed by atoms with van der Waals surface area (Å²) < 4.78 is 10.8. The van der Waals surface area contributed by atoms with E-state index in [-0.39, 0.29) is 12.1 Å². The fraction of sp³-hybridized carbons (Fsp3) is 0.583. The molecule has 0 bridgehead atoms. The molecule has 1 saturated heterocycles. The first-order valence-corrected chi connectivity index (χ1v) is 6.88. The van der Waals surface area contributed by atoms with Crippen LogP contribution >= 0.6 is 11.6 Å². The van der Waals surface area contributed by atoms with Crippen molar-refractivity contribution in [3.05, 3.63) is 12.4 Å². The highest BCUT2D eigenvalue weighted by molar-refractivity contribution is 6.18. The minimum atomic E-state index is -0.122. The van der Waals surface area contributed by atoms with Crippen molar-refractivity contribution < 1.29 is 14.3 Å². The van der Waals surface area contributed by atoms with E-state index in [1.165, 1.54) is 19.5 Å². The molecule has 1 aromatic heterocycles. The largest absolute Gasteiger partial charge is 0.477 e. The van der Waals surface area contributed by atoms with Gasteiger partial charge in [-0.1, -0.05) is 0 Å². The molecule has 20 heavy (non-hydrogen) atoms. The predicted octanol–water partition coefficient (Wildman–Crippen LogP) is 0.887. The van der Waals surface area contributed by atoms with Crippen LogP contribution in [0.1, 0.15) is 6.42 Å². The molecule has 0 aliphatic carbocycles. The quantitative estimate of drug-likeness (QED) is 0.817. The summed E-state index contributed by atoms with van der Waals surface area (Å²) in [5.74, 6) is 1.09. The lowest BCUT2D eigenvalue weighted by Crippen LogP contribution is -2.40. The maximum atomic E-state index is 11.8. The summed E-state index contributed by atoms with van der Waals surface area (Å²) in [7, 11) is 1.51. The molecule has 1 fully saturated rings. The van der Waals surface area contributed by atoms with Gasteiger partial charge in [0.05, 0.1) is 13.7 Å². The number of hydrogen-bond donors (Lipinski definition) is 1. The van der Waals surface area contributed by atoms with E-state index in [1.807, 2.05) is 0 Å². The Bertz CT molecular complexity index is 460. The Morgan fingerprint density at radius 1 is 1.50 bits per heavy atom. The summed E-state index contributed by atoms with van der Waals surface area (Å²) in [6.45, 7) is 1.61. The smallest absolute Gasteiger partial charge is 0.317 e. The standard InChI is InChI=1S/C12H17ClN4O3/c1-19-10-11(15-6-5-14-10)20-9-2-7-17(8-9)12(18)16-4-3-13/h5-6,9H,2-4,7-8H2,1H3,(H,16,18). The van der Waals surface area contributed by atoms with Crippen molar-refractivity contribution in [2.45, 2.75) is 12.5 Å². The maximum absolute atomic E-state index is 11.8. The first-order chi connectivity index (χ1) is 9.74. The van der Waals surface area contributed by atoms with Crippen LogP contribution in [0.2, 0.25) is 0 Å². The third-order valence-electron chi connectivity index (χ3n) is 2.91. The number of aromatic nitrogens is 2. The Balaban J connectivity index is 1.88. The van der Waals surface area contributed by atoms with E-state index in [1.54, 1.807) is 4.90 Å². The number of carbonyl (C=O) groups excluding carboxylic acids is 1. The Hall–Kier alpha value is -1.76. The SMILES string of the molecule is COc1nccnc1OC1CCN(C(=O)NCCCl)C1. The summed E-state index contributed by atoms with van der Waals surface area (Å²) in [4.78, 5) is 21.6. The lowest BCUT2D eigenvalue weighted by molar-refractivity contribution is 0.177. The zero-order valence-corrected chi connectivity index (χ0v) is 12.0. The first-order valence-electron chi connectivity index (χ1n) is 6.35. The van der Waals surface area contributed by atoms with Gasteiger partial charge in [-0.2, -0.15) is 0 Å². The van der Waals surface area contributed by atoms with Gasteiger partial charge in [-0.3, -0.25) is 0 Å². The van der Waals surface area contributed by atoms with Crippen molar-refractivity contribution in [3.8, 4) is 11.8 Å². The van der Waals surface area contributed by atoms with Gasteiger partial charge in [0.25, 0.3) is 11.8 Å². The monoisotopic (exact) mass is 300 g/mol. The minimum Gasteiger partial charge on any atom is -0.477 e. The molecule has 2 amide bonds. The highest BCUT2D eigenvalue weighted by Crippen LogP contribution is 2.23. The Morgan fingerprint density at radius 2 is 2.25 bits per heavy atom. The van der Waals surface area contributed by atoms with E-state index in [0.717, 1.165) is 6.42 Å². The molecule has 7 nitrogen and oxygen atoms in total. The van der Waals surface area contributed by atoms with Gasteiger partial charge >= 0.3 is 6.03 Å². The number of nitrogens with one attached hydrogen (secondary N) is 1. The third kappa shape index (κ3) is 3.63. The van der Waals surface area contributed by atoms with E-state index in [2.05, 4.69) is 15.3 Å². The number of halogens is 1. The maximum Gasteiger partial charge on any atom is 0.317 e. The number of alkyl halides is 1. The molecular formula is C12H17ClN4O3. The molecule has 1 aliphatic rings. The van der Waals surface area contributed by atoms with Crippen LogP contribution < -0.4 is 14.8 Å². The number of hydrogen-bond acceptors (Lipinski definition) is 5. The molecular weight excluding hydrogens is 284 g/mol. The summed E-state index contributed by atoms with van der Waals surface area (Å²) in [5, 5.41) is 2.73. The zero-order chi connectivity index (χ0) is 14.4. The first kappa shape index (κ1) is 14.6. The molecule has 1 N–H and O–H groups in total. The van der Waals surface area contributed by atoms with Gasteiger partial charge in [-0.25, -0.2) is 14.8 Å². The van der Waals surface area contributed by atoms with Crippen LogP contribution in [0.15, 0.2) is 12.4 Å². The highest BCUT2D eigenvalue weighted by Gasteiger charge is 2.28. The molecule has 8 heteroatoms. The average molecular weight is 301 g/mol. The Kier molecular flexibility index (Phi) is 5.23. The molecule has 0 aromatic carbocycles. The second-order valence-corrected chi connectivity index (χ2v) is 4.64. The van der Waals surface area contributed by atoms with Crippen molar-refractivity contribution in [2.24, 2.45) is 0 Å². The number of methoxy groups -OCH3 is 1. The number of ether oxygens (including phenoxy) is 2. The van der Waals surface area contributed by atoms with Gasteiger partial charge in [0.1, 0.15) is 6.10 Å². The van der Waals surface area contributed by atoms with Gasteiger partial charge in [0.2, 0.25) is 0 Å². The topological polar surface area (TPSA) is 76.6 Å². The number of amides is 2. The molecule has 0 saturated carbocycles. The number of urea groups is 1. The molecule has 0 spiro atoms. The number of likely N-dealkylation sites (tertiary alicyclic amines) is 1.